The Morgan fingerprint density at radius 2 is 0.818 bits per heavy atom. The van der Waals surface area contributed by atoms with E-state index in [4.69, 9.17) is 17.2 Å². The van der Waals surface area contributed by atoms with Crippen molar-refractivity contribution in [1.29, 1.82) is 0 Å². The average molecular weight is 162 g/mol. The summed E-state index contributed by atoms with van der Waals surface area (Å²) in [4.78, 5) is 10.5. The Morgan fingerprint density at radius 1 is 0.636 bits per heavy atom. The van der Waals surface area contributed by atoms with Gasteiger partial charge in [-0.05, 0) is 0 Å². The zero-order valence-electron chi connectivity index (χ0n) is 5.57. The van der Waals surface area contributed by atoms with Gasteiger partial charge in [0, 0.05) is 0 Å². The topological polar surface area (TPSA) is 180 Å². The van der Waals surface area contributed by atoms with Crippen LogP contribution < -0.4 is 17.2 Å². The fourth-order valence-corrected chi connectivity index (χ4v) is 0.427. The Morgan fingerprint density at radius 3 is 1.00 bits per heavy atom. The summed E-state index contributed by atoms with van der Waals surface area (Å²) in [5.74, 6) is 0.125. The molecule has 0 aliphatic heterocycles. The lowest BCUT2D eigenvalue weighted by Gasteiger charge is -1.93. The molecule has 0 atom stereocenters. The maximum atomic E-state index is 5.14. The van der Waals surface area contributed by atoms with E-state index < -0.39 is 0 Å². The first-order valence-corrected chi connectivity index (χ1v) is 2.21. The summed E-state index contributed by atoms with van der Waals surface area (Å²) in [6, 6.07) is 0. The zero-order chi connectivity index (χ0) is 6.85. The fraction of sp³-hybridized carbons (Fsp3) is 0. The Balaban J connectivity index is 0. The largest absolute Gasteiger partial charge is 0.412 e. The van der Waals surface area contributed by atoms with E-state index in [0.717, 1.165) is 0 Å². The smallest absolute Gasteiger partial charge is 0.226 e. The van der Waals surface area contributed by atoms with Crippen molar-refractivity contribution in [2.45, 2.75) is 0 Å². The second kappa shape index (κ2) is 4.19. The Hall–Kier alpha value is -1.67. The molecule has 8 nitrogen and oxygen atoms in total. The van der Waals surface area contributed by atoms with Crippen LogP contribution in [-0.4, -0.2) is 25.9 Å². The molecule has 0 radical (unpaired) electrons. The SMILES string of the molecule is Nc1nc(N)nc(N)n1.O.O. The van der Waals surface area contributed by atoms with Crippen molar-refractivity contribution in [3.05, 3.63) is 0 Å². The Kier molecular flexibility index (Phi) is 4.59. The zero-order valence-corrected chi connectivity index (χ0v) is 5.57. The molecule has 0 spiro atoms. The molecule has 0 saturated carbocycles. The van der Waals surface area contributed by atoms with Gasteiger partial charge in [-0.15, -0.1) is 0 Å². The molecule has 11 heavy (non-hydrogen) atoms. The van der Waals surface area contributed by atoms with Crippen molar-refractivity contribution in [2.75, 3.05) is 17.2 Å². The summed E-state index contributed by atoms with van der Waals surface area (Å²) in [5.41, 5.74) is 15.4. The summed E-state index contributed by atoms with van der Waals surface area (Å²) in [6.45, 7) is 0. The lowest BCUT2D eigenvalue weighted by Crippen LogP contribution is -2.05. The normalized spacial score (nSPS) is 7.64. The van der Waals surface area contributed by atoms with Crippen LogP contribution in [0.1, 0.15) is 0 Å². The molecule has 10 N–H and O–H groups in total. The van der Waals surface area contributed by atoms with E-state index >= 15 is 0 Å². The molecule has 0 amide bonds. The van der Waals surface area contributed by atoms with E-state index in [9.17, 15) is 0 Å². The summed E-state index contributed by atoms with van der Waals surface area (Å²) >= 11 is 0. The molecule has 1 heterocycles. The number of nitrogens with zero attached hydrogens (tertiary/aromatic N) is 3. The summed E-state index contributed by atoms with van der Waals surface area (Å²) < 4.78 is 0. The van der Waals surface area contributed by atoms with Crippen molar-refractivity contribution in [3.8, 4) is 0 Å². The summed E-state index contributed by atoms with van der Waals surface area (Å²) in [5, 5.41) is 0. The lowest BCUT2D eigenvalue weighted by atomic mass is 10.9. The van der Waals surface area contributed by atoms with Gasteiger partial charge in [0.2, 0.25) is 17.8 Å². The minimum absolute atomic E-state index is 0. The third-order valence-electron chi connectivity index (χ3n) is 0.687. The first kappa shape index (κ1) is 12.0. The van der Waals surface area contributed by atoms with Crippen LogP contribution in [0.5, 0.6) is 0 Å². The maximum absolute atomic E-state index is 5.14. The van der Waals surface area contributed by atoms with Crippen LogP contribution in [0, 0.1) is 0 Å². The predicted molar refractivity (Wildman–Crippen MR) is 40.3 cm³/mol. The molecule has 0 unspecified atom stereocenters. The van der Waals surface area contributed by atoms with Gasteiger partial charge in [0.25, 0.3) is 0 Å². The molecule has 1 rings (SSSR count). The second-order valence-corrected chi connectivity index (χ2v) is 1.41. The minimum Gasteiger partial charge on any atom is -0.412 e. The number of hydrogen-bond acceptors (Lipinski definition) is 6. The van der Waals surface area contributed by atoms with E-state index in [2.05, 4.69) is 15.0 Å². The van der Waals surface area contributed by atoms with Gasteiger partial charge in [0.05, 0.1) is 0 Å². The molecular weight excluding hydrogens is 152 g/mol. The lowest BCUT2D eigenvalue weighted by molar-refractivity contribution is 0.823. The van der Waals surface area contributed by atoms with Crippen LogP contribution in [0.15, 0.2) is 0 Å². The van der Waals surface area contributed by atoms with Gasteiger partial charge in [0.15, 0.2) is 0 Å². The highest BCUT2D eigenvalue weighted by atomic mass is 16.0. The van der Waals surface area contributed by atoms with Gasteiger partial charge in [-0.3, -0.25) is 0 Å². The van der Waals surface area contributed by atoms with Crippen molar-refractivity contribution < 1.29 is 11.0 Å². The fourth-order valence-electron chi connectivity index (χ4n) is 0.427. The van der Waals surface area contributed by atoms with Gasteiger partial charge in [-0.25, -0.2) is 0 Å². The highest BCUT2D eigenvalue weighted by Gasteiger charge is 1.93. The molecule has 0 saturated heterocycles. The Bertz CT molecular complexity index is 177. The molecule has 8 heteroatoms. The van der Waals surface area contributed by atoms with Gasteiger partial charge in [-0.1, -0.05) is 0 Å². The molecule has 0 aliphatic carbocycles. The Labute approximate surface area is 62.1 Å². The molecule has 1 aromatic rings. The number of anilines is 3. The molecular formula is C3H10N6O2. The molecule has 0 aliphatic rings. The van der Waals surface area contributed by atoms with Crippen molar-refractivity contribution in [3.63, 3.8) is 0 Å². The molecule has 1 aromatic heterocycles. The van der Waals surface area contributed by atoms with Crippen LogP contribution in [0.25, 0.3) is 0 Å². The van der Waals surface area contributed by atoms with Crippen molar-refractivity contribution in [2.24, 2.45) is 0 Å². The molecule has 64 valence electrons. The van der Waals surface area contributed by atoms with Gasteiger partial charge >= 0.3 is 0 Å². The van der Waals surface area contributed by atoms with Crippen LogP contribution in [0.3, 0.4) is 0 Å². The average Bonchev–Trinajstić information content (AvgIpc) is 1.59. The van der Waals surface area contributed by atoms with Crippen LogP contribution in [0.2, 0.25) is 0 Å². The monoisotopic (exact) mass is 162 g/mol. The first-order valence-electron chi connectivity index (χ1n) is 2.21. The van der Waals surface area contributed by atoms with E-state index in [-0.39, 0.29) is 28.8 Å². The second-order valence-electron chi connectivity index (χ2n) is 1.41. The number of rotatable bonds is 0. The number of nitrogens with two attached hydrogens (primary N) is 3. The predicted octanol–water partition coefficient (Wildman–Crippen LogP) is -3.03. The number of nitrogen functional groups attached to an aromatic ring is 3. The maximum Gasteiger partial charge on any atom is 0.226 e. The van der Waals surface area contributed by atoms with E-state index in [0.29, 0.717) is 0 Å². The number of hydrogen-bond donors (Lipinski definition) is 3. The minimum atomic E-state index is 0. The third-order valence-corrected chi connectivity index (χ3v) is 0.687. The summed E-state index contributed by atoms with van der Waals surface area (Å²) in [6.07, 6.45) is 0. The molecule has 0 aromatic carbocycles. The van der Waals surface area contributed by atoms with Gasteiger partial charge in [0.1, 0.15) is 0 Å². The number of aromatic nitrogens is 3. The van der Waals surface area contributed by atoms with Crippen LogP contribution in [-0.2, 0) is 0 Å². The van der Waals surface area contributed by atoms with Crippen molar-refractivity contribution >= 4 is 17.8 Å². The van der Waals surface area contributed by atoms with E-state index in [1.807, 2.05) is 0 Å². The first-order chi connectivity index (χ1) is 4.18. The van der Waals surface area contributed by atoms with E-state index in [1.54, 1.807) is 0 Å². The highest BCUT2D eigenvalue weighted by molar-refractivity contribution is 5.33. The van der Waals surface area contributed by atoms with Gasteiger partial charge < -0.3 is 28.2 Å². The molecule has 0 fully saturated rings. The van der Waals surface area contributed by atoms with Gasteiger partial charge in [-0.2, -0.15) is 15.0 Å². The van der Waals surface area contributed by atoms with Crippen LogP contribution >= 0.6 is 0 Å². The van der Waals surface area contributed by atoms with Crippen LogP contribution in [0.4, 0.5) is 17.8 Å². The van der Waals surface area contributed by atoms with E-state index in [1.165, 1.54) is 0 Å². The quantitative estimate of drug-likeness (QED) is 0.364. The standard InChI is InChI=1S/C3H6N6.2H2O/c4-1-7-2(5)9-3(6)8-1;;/h(H6,4,5,6,7,8,9);2*1H2. The van der Waals surface area contributed by atoms with Crippen molar-refractivity contribution in [1.82, 2.24) is 15.0 Å². The molecule has 0 bridgehead atoms. The highest BCUT2D eigenvalue weighted by Crippen LogP contribution is 1.97. The summed E-state index contributed by atoms with van der Waals surface area (Å²) in [7, 11) is 0. The third kappa shape index (κ3) is 3.13.